The number of rotatable bonds is 9. The zero-order valence-corrected chi connectivity index (χ0v) is 27.4. The van der Waals surface area contributed by atoms with Crippen molar-refractivity contribution in [2.75, 3.05) is 19.8 Å². The molecule has 2 aromatic carbocycles. The van der Waals surface area contributed by atoms with Crippen LogP contribution in [0.15, 0.2) is 30.3 Å². The molecule has 19 heteroatoms. The number of phenols is 1. The summed E-state index contributed by atoms with van der Waals surface area (Å²) in [6, 6.07) is 6.85. The fourth-order valence-electron chi connectivity index (χ4n) is 6.65. The Balaban J connectivity index is 1.19. The summed E-state index contributed by atoms with van der Waals surface area (Å²) in [4.78, 5) is 26.9. The van der Waals surface area contributed by atoms with Gasteiger partial charge in [0, 0.05) is 11.1 Å². The summed E-state index contributed by atoms with van der Waals surface area (Å²) >= 11 is 0. The van der Waals surface area contributed by atoms with Crippen molar-refractivity contribution in [3.8, 4) is 11.5 Å². The Hall–Kier alpha value is -3.22. The summed E-state index contributed by atoms with van der Waals surface area (Å²) in [6.07, 6.45) is -26.3. The van der Waals surface area contributed by atoms with Crippen molar-refractivity contribution in [2.24, 2.45) is 0 Å². The van der Waals surface area contributed by atoms with E-state index >= 15 is 0 Å². The molecule has 0 amide bonds. The molecule has 0 saturated carbocycles. The number of carbonyl (C=O) groups is 2. The Morgan fingerprint density at radius 2 is 1.23 bits per heavy atom. The smallest absolute Gasteiger partial charge is 0.229 e. The second kappa shape index (κ2) is 15.3. The molecule has 3 saturated heterocycles. The lowest BCUT2D eigenvalue weighted by Gasteiger charge is -2.46. The Morgan fingerprint density at radius 3 is 1.90 bits per heavy atom. The SMILES string of the molecule is Cc1cc(OC2OC(COC3OC(CO)C(O)C(OC4OC(CO)C(O)C(O)C4O)C3O)C(O)C(O)C2O)c2c(c1)C(=O)c1cccc(O)c1C2=O. The zero-order chi connectivity index (χ0) is 37.8. The quantitative estimate of drug-likeness (QED) is 0.0982. The first-order valence-corrected chi connectivity index (χ1v) is 16.3. The molecule has 1 aliphatic carbocycles. The van der Waals surface area contributed by atoms with Crippen LogP contribution in [0.4, 0.5) is 0 Å². The molecule has 4 aliphatic rings. The minimum atomic E-state index is -1.93. The minimum absolute atomic E-state index is 0.0253. The van der Waals surface area contributed by atoms with E-state index in [1.807, 2.05) is 0 Å². The van der Waals surface area contributed by atoms with Gasteiger partial charge in [-0.3, -0.25) is 9.59 Å². The molecule has 11 N–H and O–H groups in total. The second-order valence-electron chi connectivity index (χ2n) is 13.0. The molecule has 3 heterocycles. The summed E-state index contributed by atoms with van der Waals surface area (Å²) in [5.74, 6) is -2.02. The molecule has 52 heavy (non-hydrogen) atoms. The van der Waals surface area contributed by atoms with Gasteiger partial charge in [0.2, 0.25) is 12.1 Å². The summed E-state index contributed by atoms with van der Waals surface area (Å²) < 4.78 is 33.5. The molecule has 2 aromatic rings. The van der Waals surface area contributed by atoms with E-state index in [0.29, 0.717) is 5.56 Å². The number of aromatic hydroxyl groups is 1. The van der Waals surface area contributed by atoms with E-state index in [1.165, 1.54) is 30.3 Å². The number of phenolic OH excluding ortho intramolecular Hbond substituents is 1. The maximum Gasteiger partial charge on any atom is 0.229 e. The molecule has 15 atom stereocenters. The van der Waals surface area contributed by atoms with Crippen molar-refractivity contribution in [1.82, 2.24) is 0 Å². The predicted molar refractivity (Wildman–Crippen MR) is 166 cm³/mol. The van der Waals surface area contributed by atoms with Gasteiger partial charge in [-0.15, -0.1) is 0 Å². The van der Waals surface area contributed by atoms with E-state index in [2.05, 4.69) is 0 Å². The lowest BCUT2D eigenvalue weighted by molar-refractivity contribution is -0.364. The Labute approximate surface area is 294 Å². The number of hydrogen-bond acceptors (Lipinski definition) is 19. The number of aryl methyl sites for hydroxylation is 1. The number of aliphatic hydroxyl groups excluding tert-OH is 10. The molecule has 6 rings (SSSR count). The van der Waals surface area contributed by atoms with E-state index in [9.17, 15) is 65.8 Å². The maximum absolute atomic E-state index is 13.6. The topological polar surface area (TPSA) is 312 Å². The van der Waals surface area contributed by atoms with Gasteiger partial charge in [0.25, 0.3) is 0 Å². The molecule has 0 aromatic heterocycles. The number of ketones is 2. The highest BCUT2D eigenvalue weighted by Crippen LogP contribution is 2.39. The van der Waals surface area contributed by atoms with Crippen molar-refractivity contribution >= 4 is 11.6 Å². The third-order valence-corrected chi connectivity index (χ3v) is 9.53. The van der Waals surface area contributed by atoms with Crippen molar-refractivity contribution < 1.29 is 94.2 Å². The van der Waals surface area contributed by atoms with E-state index in [4.69, 9.17) is 28.4 Å². The first kappa shape index (κ1) is 38.5. The minimum Gasteiger partial charge on any atom is -0.507 e. The summed E-state index contributed by atoms with van der Waals surface area (Å²) in [6.45, 7) is -0.729. The zero-order valence-electron chi connectivity index (χ0n) is 27.4. The molecule has 0 radical (unpaired) electrons. The van der Waals surface area contributed by atoms with E-state index in [1.54, 1.807) is 6.92 Å². The Bertz CT molecular complexity index is 1630. The monoisotopic (exact) mass is 740 g/mol. The molecule has 0 spiro atoms. The van der Waals surface area contributed by atoms with Crippen LogP contribution in [0, 0.1) is 6.92 Å². The normalized spacial score (nSPS) is 39.2. The second-order valence-corrected chi connectivity index (χ2v) is 13.0. The van der Waals surface area contributed by atoms with Crippen molar-refractivity contribution in [1.29, 1.82) is 0 Å². The van der Waals surface area contributed by atoms with Crippen LogP contribution in [0.3, 0.4) is 0 Å². The largest absolute Gasteiger partial charge is 0.507 e. The number of fused-ring (bicyclic) bond motifs is 2. The molecule has 15 unspecified atom stereocenters. The van der Waals surface area contributed by atoms with Gasteiger partial charge in [0.15, 0.2) is 18.4 Å². The summed E-state index contributed by atoms with van der Waals surface area (Å²) in [5.41, 5.74) is -0.108. The summed E-state index contributed by atoms with van der Waals surface area (Å²) in [7, 11) is 0. The lowest BCUT2D eigenvalue weighted by Crippen LogP contribution is -2.65. The first-order valence-electron chi connectivity index (χ1n) is 16.3. The number of carbonyl (C=O) groups excluding carboxylic acids is 2. The fourth-order valence-corrected chi connectivity index (χ4v) is 6.65. The molecule has 286 valence electrons. The number of ether oxygens (including phenoxy) is 6. The van der Waals surface area contributed by atoms with Crippen LogP contribution in [0.5, 0.6) is 11.5 Å². The first-order chi connectivity index (χ1) is 24.7. The highest BCUT2D eigenvalue weighted by atomic mass is 16.7. The molecule has 0 bridgehead atoms. The maximum atomic E-state index is 13.6. The van der Waals surface area contributed by atoms with Crippen molar-refractivity contribution in [3.05, 3.63) is 58.1 Å². The van der Waals surface area contributed by atoms with Crippen LogP contribution in [-0.2, 0) is 23.7 Å². The standard InChI is InChI=1S/C33H40O19/c1-10-5-12-19(24(41)18-11(20(12)37)3-2-4-13(18)36)14(6-10)48-32-27(44)26(43)22(39)17(51-32)9-47-31-29(46)30(23(40)16(8-35)49-31)52-33-28(45)25(42)21(38)15(7-34)50-33/h2-6,15-17,21-23,25-36,38-40,42-46H,7-9H2,1H3. The van der Waals surface area contributed by atoms with E-state index in [-0.39, 0.29) is 28.0 Å². The highest BCUT2D eigenvalue weighted by Gasteiger charge is 2.52. The Morgan fingerprint density at radius 1 is 0.635 bits per heavy atom. The molecule has 3 aliphatic heterocycles. The van der Waals surface area contributed by atoms with Crippen molar-refractivity contribution in [2.45, 2.75) is 99.0 Å². The Kier molecular flexibility index (Phi) is 11.3. The predicted octanol–water partition coefficient (Wildman–Crippen LogP) is -4.70. The van der Waals surface area contributed by atoms with Gasteiger partial charge in [-0.05, 0) is 30.7 Å². The number of aliphatic hydroxyl groups is 10. The van der Waals surface area contributed by atoms with Gasteiger partial charge in [-0.2, -0.15) is 0 Å². The number of benzene rings is 2. The van der Waals surface area contributed by atoms with Gasteiger partial charge >= 0.3 is 0 Å². The van der Waals surface area contributed by atoms with Gasteiger partial charge in [0.1, 0.15) is 84.7 Å². The van der Waals surface area contributed by atoms with Crippen LogP contribution < -0.4 is 4.74 Å². The van der Waals surface area contributed by atoms with Gasteiger partial charge in [-0.1, -0.05) is 12.1 Å². The van der Waals surface area contributed by atoms with E-state index < -0.39 is 129 Å². The summed E-state index contributed by atoms with van der Waals surface area (Å²) in [5, 5.41) is 114. The van der Waals surface area contributed by atoms with Crippen LogP contribution in [0.1, 0.15) is 37.4 Å². The van der Waals surface area contributed by atoms with Crippen LogP contribution >= 0.6 is 0 Å². The van der Waals surface area contributed by atoms with Gasteiger partial charge < -0.3 is 84.6 Å². The van der Waals surface area contributed by atoms with Gasteiger partial charge in [-0.25, -0.2) is 0 Å². The van der Waals surface area contributed by atoms with Crippen LogP contribution in [-0.4, -0.2) is 180 Å². The van der Waals surface area contributed by atoms with Gasteiger partial charge in [0.05, 0.1) is 30.9 Å². The average Bonchev–Trinajstić information content (AvgIpc) is 3.12. The average molecular weight is 741 g/mol. The van der Waals surface area contributed by atoms with Crippen LogP contribution in [0.25, 0.3) is 0 Å². The molecule has 19 nitrogen and oxygen atoms in total. The molecular weight excluding hydrogens is 700 g/mol. The lowest BCUT2D eigenvalue weighted by atomic mass is 9.82. The third kappa shape index (κ3) is 6.83. The third-order valence-electron chi connectivity index (χ3n) is 9.53. The number of hydrogen-bond donors (Lipinski definition) is 11. The highest BCUT2D eigenvalue weighted by molar-refractivity contribution is 6.30. The van der Waals surface area contributed by atoms with E-state index in [0.717, 1.165) is 0 Å². The van der Waals surface area contributed by atoms with Crippen molar-refractivity contribution in [3.63, 3.8) is 0 Å². The fraction of sp³-hybridized carbons (Fsp3) is 0.576. The molecule has 3 fully saturated rings. The van der Waals surface area contributed by atoms with Crippen LogP contribution in [0.2, 0.25) is 0 Å². The molecular formula is C33H40O19.